The first-order valence-electron chi connectivity index (χ1n) is 4.00. The van der Waals surface area contributed by atoms with Crippen LogP contribution in [0.4, 0.5) is 8.78 Å². The molecule has 0 spiro atoms. The molecule has 1 nitrogen and oxygen atoms in total. The standard InChI is InChI=1S/C9H8ClF2N/c10-5-1-2-6(11)8(9(5)12)4-3-7(4)13/h1-2,4,7H,3,13H2/t4-,7-/m1/s1. The first-order valence-corrected chi connectivity index (χ1v) is 4.38. The fourth-order valence-corrected chi connectivity index (χ4v) is 1.59. The Hall–Kier alpha value is -0.670. The van der Waals surface area contributed by atoms with Gasteiger partial charge < -0.3 is 5.73 Å². The Balaban J connectivity index is 2.48. The predicted octanol–water partition coefficient (Wildman–Crippen LogP) is 2.43. The highest BCUT2D eigenvalue weighted by atomic mass is 35.5. The van der Waals surface area contributed by atoms with E-state index < -0.39 is 11.6 Å². The average molecular weight is 204 g/mol. The normalized spacial score (nSPS) is 26.2. The molecule has 1 aliphatic carbocycles. The summed E-state index contributed by atoms with van der Waals surface area (Å²) in [7, 11) is 0. The second-order valence-corrected chi connectivity index (χ2v) is 3.67. The minimum absolute atomic E-state index is 0.0417. The van der Waals surface area contributed by atoms with Crippen molar-refractivity contribution < 1.29 is 8.78 Å². The van der Waals surface area contributed by atoms with E-state index in [-0.39, 0.29) is 22.5 Å². The number of nitrogens with two attached hydrogens (primary N) is 1. The van der Waals surface area contributed by atoms with Crippen molar-refractivity contribution in [2.75, 3.05) is 0 Å². The fourth-order valence-electron chi connectivity index (χ4n) is 1.43. The van der Waals surface area contributed by atoms with Crippen LogP contribution in [0.25, 0.3) is 0 Å². The van der Waals surface area contributed by atoms with Crippen LogP contribution in [0, 0.1) is 11.6 Å². The Morgan fingerprint density at radius 3 is 2.54 bits per heavy atom. The van der Waals surface area contributed by atoms with Crippen molar-refractivity contribution in [3.8, 4) is 0 Å². The third kappa shape index (κ3) is 1.42. The number of hydrogen-bond acceptors (Lipinski definition) is 1. The lowest BCUT2D eigenvalue weighted by Crippen LogP contribution is -2.04. The summed E-state index contributed by atoms with van der Waals surface area (Å²) in [6.45, 7) is 0. The van der Waals surface area contributed by atoms with Gasteiger partial charge in [0.1, 0.15) is 11.6 Å². The van der Waals surface area contributed by atoms with Crippen molar-refractivity contribution in [1.29, 1.82) is 0 Å². The van der Waals surface area contributed by atoms with Crippen LogP contribution in [0.15, 0.2) is 12.1 Å². The van der Waals surface area contributed by atoms with E-state index in [1.54, 1.807) is 0 Å². The van der Waals surface area contributed by atoms with Crippen LogP contribution in [-0.4, -0.2) is 6.04 Å². The Morgan fingerprint density at radius 1 is 1.38 bits per heavy atom. The lowest BCUT2D eigenvalue weighted by Gasteiger charge is -2.04. The molecule has 2 N–H and O–H groups in total. The van der Waals surface area contributed by atoms with E-state index in [4.69, 9.17) is 17.3 Å². The van der Waals surface area contributed by atoms with Gasteiger partial charge in [0.15, 0.2) is 0 Å². The third-order valence-corrected chi connectivity index (χ3v) is 2.58. The summed E-state index contributed by atoms with van der Waals surface area (Å²) in [6, 6.07) is 2.26. The predicted molar refractivity (Wildman–Crippen MR) is 46.7 cm³/mol. The van der Waals surface area contributed by atoms with Crippen LogP contribution < -0.4 is 5.73 Å². The number of halogens is 3. The minimum atomic E-state index is -0.667. The van der Waals surface area contributed by atoms with Gasteiger partial charge in [0, 0.05) is 17.5 Å². The van der Waals surface area contributed by atoms with Crippen molar-refractivity contribution in [1.82, 2.24) is 0 Å². The molecule has 0 radical (unpaired) electrons. The monoisotopic (exact) mass is 203 g/mol. The molecular weight excluding hydrogens is 196 g/mol. The van der Waals surface area contributed by atoms with Gasteiger partial charge in [-0.15, -0.1) is 0 Å². The SMILES string of the molecule is N[C@@H]1C[C@H]1c1c(F)ccc(Cl)c1F. The van der Waals surface area contributed by atoms with E-state index >= 15 is 0 Å². The van der Waals surface area contributed by atoms with Crippen LogP contribution in [-0.2, 0) is 0 Å². The minimum Gasteiger partial charge on any atom is -0.327 e. The molecule has 0 aliphatic heterocycles. The molecule has 0 amide bonds. The van der Waals surface area contributed by atoms with E-state index in [0.29, 0.717) is 6.42 Å². The molecule has 0 unspecified atom stereocenters. The summed E-state index contributed by atoms with van der Waals surface area (Å²) in [5.41, 5.74) is 5.55. The van der Waals surface area contributed by atoms with E-state index in [0.717, 1.165) is 0 Å². The summed E-state index contributed by atoms with van der Waals surface area (Å²) in [6.07, 6.45) is 0.633. The second-order valence-electron chi connectivity index (χ2n) is 3.26. The zero-order chi connectivity index (χ0) is 9.59. The highest BCUT2D eigenvalue weighted by Crippen LogP contribution is 2.42. The van der Waals surface area contributed by atoms with Gasteiger partial charge >= 0.3 is 0 Å². The smallest absolute Gasteiger partial charge is 0.148 e. The molecule has 1 aromatic rings. The highest BCUT2D eigenvalue weighted by molar-refractivity contribution is 6.30. The maximum absolute atomic E-state index is 13.3. The molecule has 1 aromatic carbocycles. The second kappa shape index (κ2) is 2.93. The fraction of sp³-hybridized carbons (Fsp3) is 0.333. The maximum atomic E-state index is 13.3. The van der Waals surface area contributed by atoms with Gasteiger partial charge in [-0.1, -0.05) is 11.6 Å². The summed E-state index contributed by atoms with van der Waals surface area (Å²) >= 11 is 5.52. The van der Waals surface area contributed by atoms with Crippen LogP contribution in [0.5, 0.6) is 0 Å². The summed E-state index contributed by atoms with van der Waals surface area (Å²) in [4.78, 5) is 0. The molecule has 1 saturated carbocycles. The van der Waals surface area contributed by atoms with Crippen molar-refractivity contribution in [3.05, 3.63) is 34.4 Å². The quantitative estimate of drug-likeness (QED) is 0.697. The molecule has 70 valence electrons. The zero-order valence-corrected chi connectivity index (χ0v) is 7.48. The van der Waals surface area contributed by atoms with E-state index in [1.165, 1.54) is 12.1 Å². The number of hydrogen-bond donors (Lipinski definition) is 1. The number of rotatable bonds is 1. The molecule has 2 rings (SSSR count). The van der Waals surface area contributed by atoms with Gasteiger partial charge in [-0.25, -0.2) is 8.78 Å². The first-order chi connectivity index (χ1) is 6.11. The lowest BCUT2D eigenvalue weighted by molar-refractivity contribution is 0.555. The molecular formula is C9H8ClF2N. The van der Waals surface area contributed by atoms with Crippen LogP contribution in [0.1, 0.15) is 17.9 Å². The first kappa shape index (κ1) is 8.91. The summed E-state index contributed by atoms with van der Waals surface area (Å²) in [5.74, 6) is -1.42. The number of benzene rings is 1. The molecule has 1 aliphatic rings. The van der Waals surface area contributed by atoms with Crippen molar-refractivity contribution in [2.45, 2.75) is 18.4 Å². The Labute approximate surface area is 79.5 Å². The molecule has 13 heavy (non-hydrogen) atoms. The van der Waals surface area contributed by atoms with E-state index in [2.05, 4.69) is 0 Å². The van der Waals surface area contributed by atoms with Crippen molar-refractivity contribution >= 4 is 11.6 Å². The van der Waals surface area contributed by atoms with Crippen LogP contribution in [0.2, 0.25) is 5.02 Å². The molecule has 1 fully saturated rings. The molecule has 0 saturated heterocycles. The Bertz CT molecular complexity index is 354. The summed E-state index contributed by atoms with van der Waals surface area (Å²) < 4.78 is 26.4. The Kier molecular flexibility index (Phi) is 2.00. The highest BCUT2D eigenvalue weighted by Gasteiger charge is 2.39. The van der Waals surface area contributed by atoms with Gasteiger partial charge in [0.05, 0.1) is 5.02 Å². The topological polar surface area (TPSA) is 26.0 Å². The van der Waals surface area contributed by atoms with Gasteiger partial charge in [-0.2, -0.15) is 0 Å². The van der Waals surface area contributed by atoms with Crippen molar-refractivity contribution in [3.63, 3.8) is 0 Å². The van der Waals surface area contributed by atoms with E-state index in [9.17, 15) is 8.78 Å². The van der Waals surface area contributed by atoms with Crippen LogP contribution in [0.3, 0.4) is 0 Å². The molecule has 0 bridgehead atoms. The molecule has 0 heterocycles. The van der Waals surface area contributed by atoms with E-state index in [1.807, 2.05) is 0 Å². The lowest BCUT2D eigenvalue weighted by atomic mass is 10.1. The zero-order valence-electron chi connectivity index (χ0n) is 6.73. The molecule has 2 atom stereocenters. The largest absolute Gasteiger partial charge is 0.327 e. The van der Waals surface area contributed by atoms with Gasteiger partial charge in [0.2, 0.25) is 0 Å². The molecule has 0 aromatic heterocycles. The van der Waals surface area contributed by atoms with Crippen LogP contribution >= 0.6 is 11.6 Å². The van der Waals surface area contributed by atoms with Crippen molar-refractivity contribution in [2.24, 2.45) is 5.73 Å². The summed E-state index contributed by atoms with van der Waals surface area (Å²) in [5, 5.41) is -0.0458. The van der Waals surface area contributed by atoms with Gasteiger partial charge in [-0.3, -0.25) is 0 Å². The maximum Gasteiger partial charge on any atom is 0.148 e. The van der Waals surface area contributed by atoms with Gasteiger partial charge in [0.25, 0.3) is 0 Å². The molecule has 4 heteroatoms. The van der Waals surface area contributed by atoms with Gasteiger partial charge in [-0.05, 0) is 18.6 Å². The average Bonchev–Trinajstić information content (AvgIpc) is 2.76. The Morgan fingerprint density at radius 2 is 2.00 bits per heavy atom. The third-order valence-electron chi connectivity index (χ3n) is 2.29.